The lowest BCUT2D eigenvalue weighted by atomic mass is 10.1. The summed E-state index contributed by atoms with van der Waals surface area (Å²) in [6.45, 7) is 0. The van der Waals surface area contributed by atoms with E-state index in [1.54, 1.807) is 6.20 Å². The van der Waals surface area contributed by atoms with Crippen molar-refractivity contribution in [3.05, 3.63) is 58.9 Å². The number of nitrogens with zero attached hydrogens (tertiary/aromatic N) is 4. The number of rotatable bonds is 3. The Morgan fingerprint density at radius 3 is 2.57 bits per heavy atom. The average molecular weight is 319 g/mol. The van der Waals surface area contributed by atoms with Crippen molar-refractivity contribution in [1.82, 2.24) is 19.7 Å². The van der Waals surface area contributed by atoms with E-state index in [0.29, 0.717) is 23.2 Å². The largest absolute Gasteiger partial charge is 0.296 e. The minimum atomic E-state index is 0.0507. The molecule has 0 saturated heterocycles. The second kappa shape index (κ2) is 5.63. The summed E-state index contributed by atoms with van der Waals surface area (Å²) in [6.07, 6.45) is 3.86. The maximum Gasteiger partial charge on any atom is 0.223 e. The van der Waals surface area contributed by atoms with Crippen LogP contribution >= 0.6 is 23.2 Å². The number of carbonyl (C=O) groups excluding carboxylic acids is 1. The molecule has 0 unspecified atom stereocenters. The molecule has 0 saturated carbocycles. The zero-order valence-corrected chi connectivity index (χ0v) is 12.1. The third kappa shape index (κ3) is 2.66. The molecule has 7 heteroatoms. The number of hydrogen-bond donors (Lipinski definition) is 0. The molecule has 0 spiro atoms. The average Bonchev–Trinajstić information content (AvgIpc) is 2.92. The predicted molar refractivity (Wildman–Crippen MR) is 80.0 cm³/mol. The van der Waals surface area contributed by atoms with Gasteiger partial charge in [0.05, 0.1) is 6.20 Å². The summed E-state index contributed by atoms with van der Waals surface area (Å²) in [5, 5.41) is 4.42. The third-order valence-electron chi connectivity index (χ3n) is 2.88. The topological polar surface area (TPSA) is 60.7 Å². The van der Waals surface area contributed by atoms with Crippen molar-refractivity contribution in [2.45, 2.75) is 0 Å². The van der Waals surface area contributed by atoms with Gasteiger partial charge in [0.2, 0.25) is 5.28 Å². The van der Waals surface area contributed by atoms with Crippen LogP contribution in [0.4, 0.5) is 0 Å². The van der Waals surface area contributed by atoms with Gasteiger partial charge in [0.25, 0.3) is 0 Å². The molecule has 2 heterocycles. The molecule has 0 N–H and O–H groups in total. The summed E-state index contributed by atoms with van der Waals surface area (Å²) in [4.78, 5) is 19.0. The van der Waals surface area contributed by atoms with Crippen molar-refractivity contribution < 1.29 is 4.79 Å². The van der Waals surface area contributed by atoms with E-state index in [2.05, 4.69) is 15.1 Å². The SMILES string of the molecule is O=Cc1nn(-c2cnc(Cl)nc2Cl)cc1-c1ccccc1. The number of halogens is 2. The van der Waals surface area contributed by atoms with Gasteiger partial charge in [-0.25, -0.2) is 14.6 Å². The molecular weight excluding hydrogens is 311 g/mol. The summed E-state index contributed by atoms with van der Waals surface area (Å²) >= 11 is 11.7. The molecule has 1 aromatic carbocycles. The van der Waals surface area contributed by atoms with Crippen molar-refractivity contribution >= 4 is 29.5 Å². The van der Waals surface area contributed by atoms with Crippen LogP contribution in [0.15, 0.2) is 42.7 Å². The summed E-state index contributed by atoms with van der Waals surface area (Å²) in [7, 11) is 0. The van der Waals surface area contributed by atoms with Crippen LogP contribution in [-0.2, 0) is 0 Å². The van der Waals surface area contributed by atoms with Crippen molar-refractivity contribution in [3.63, 3.8) is 0 Å². The molecule has 0 aliphatic heterocycles. The minimum absolute atomic E-state index is 0.0507. The van der Waals surface area contributed by atoms with Gasteiger partial charge in [-0.05, 0) is 17.2 Å². The lowest BCUT2D eigenvalue weighted by Crippen LogP contribution is -1.99. The zero-order valence-electron chi connectivity index (χ0n) is 10.6. The standard InChI is InChI=1S/C14H8Cl2N4O/c15-13-12(6-17-14(16)18-13)20-7-10(11(8-21)19-20)9-4-2-1-3-5-9/h1-8H. The quantitative estimate of drug-likeness (QED) is 0.421. The fraction of sp³-hybridized carbons (Fsp3) is 0. The summed E-state index contributed by atoms with van der Waals surface area (Å²) in [5.74, 6) is 0. The smallest absolute Gasteiger partial charge is 0.223 e. The van der Waals surface area contributed by atoms with E-state index in [-0.39, 0.29) is 10.4 Å². The molecule has 0 bridgehead atoms. The number of hydrogen-bond acceptors (Lipinski definition) is 4. The highest BCUT2D eigenvalue weighted by Crippen LogP contribution is 2.25. The van der Waals surface area contributed by atoms with Crippen LogP contribution in [0.3, 0.4) is 0 Å². The maximum atomic E-state index is 11.2. The Morgan fingerprint density at radius 2 is 1.90 bits per heavy atom. The van der Waals surface area contributed by atoms with E-state index in [0.717, 1.165) is 5.56 Å². The molecule has 0 radical (unpaired) electrons. The van der Waals surface area contributed by atoms with Crippen LogP contribution in [0.1, 0.15) is 10.5 Å². The molecule has 0 amide bonds. The fourth-order valence-corrected chi connectivity index (χ4v) is 2.32. The number of benzene rings is 1. The fourth-order valence-electron chi connectivity index (χ4n) is 1.93. The second-order valence-corrected chi connectivity index (χ2v) is 4.87. The van der Waals surface area contributed by atoms with E-state index in [9.17, 15) is 4.79 Å². The first-order valence-electron chi connectivity index (χ1n) is 5.97. The Balaban J connectivity index is 2.14. The second-order valence-electron chi connectivity index (χ2n) is 4.17. The van der Waals surface area contributed by atoms with E-state index in [4.69, 9.17) is 23.2 Å². The predicted octanol–water partition coefficient (Wildman–Crippen LogP) is 3.45. The Labute approximate surface area is 130 Å². The monoisotopic (exact) mass is 318 g/mol. The summed E-state index contributed by atoms with van der Waals surface area (Å²) in [6, 6.07) is 9.47. The van der Waals surface area contributed by atoms with Crippen LogP contribution in [-0.4, -0.2) is 26.0 Å². The highest BCUT2D eigenvalue weighted by molar-refractivity contribution is 6.33. The molecule has 21 heavy (non-hydrogen) atoms. The molecule has 104 valence electrons. The van der Waals surface area contributed by atoms with Crippen molar-refractivity contribution in [3.8, 4) is 16.8 Å². The normalized spacial score (nSPS) is 10.6. The van der Waals surface area contributed by atoms with Gasteiger partial charge in [-0.15, -0.1) is 0 Å². The van der Waals surface area contributed by atoms with E-state index >= 15 is 0 Å². The van der Waals surface area contributed by atoms with Crippen molar-refractivity contribution in [1.29, 1.82) is 0 Å². The Hall–Kier alpha value is -2.24. The Morgan fingerprint density at radius 1 is 1.14 bits per heavy atom. The van der Waals surface area contributed by atoms with Gasteiger partial charge in [0.1, 0.15) is 11.4 Å². The minimum Gasteiger partial charge on any atom is -0.296 e. The molecule has 3 rings (SSSR count). The number of aromatic nitrogens is 4. The first kappa shape index (κ1) is 13.7. The lowest BCUT2D eigenvalue weighted by Gasteiger charge is -2.02. The molecule has 3 aromatic rings. The van der Waals surface area contributed by atoms with Crippen LogP contribution in [0.25, 0.3) is 16.8 Å². The van der Waals surface area contributed by atoms with E-state index in [1.807, 2.05) is 30.3 Å². The number of carbonyl (C=O) groups is 1. The highest BCUT2D eigenvalue weighted by atomic mass is 35.5. The third-order valence-corrected chi connectivity index (χ3v) is 3.34. The number of aldehydes is 1. The summed E-state index contributed by atoms with van der Waals surface area (Å²) in [5.41, 5.74) is 2.35. The Bertz CT molecular complexity index is 802. The lowest BCUT2D eigenvalue weighted by molar-refractivity contribution is 0.111. The van der Waals surface area contributed by atoms with Gasteiger partial charge in [0.15, 0.2) is 11.4 Å². The van der Waals surface area contributed by atoms with E-state index < -0.39 is 0 Å². The maximum absolute atomic E-state index is 11.2. The molecule has 0 fully saturated rings. The van der Waals surface area contributed by atoms with Gasteiger partial charge < -0.3 is 0 Å². The van der Waals surface area contributed by atoms with Crippen LogP contribution in [0, 0.1) is 0 Å². The van der Waals surface area contributed by atoms with Crippen LogP contribution in [0.5, 0.6) is 0 Å². The van der Waals surface area contributed by atoms with Gasteiger partial charge in [-0.2, -0.15) is 5.10 Å². The van der Waals surface area contributed by atoms with Gasteiger partial charge in [0, 0.05) is 11.8 Å². The van der Waals surface area contributed by atoms with Gasteiger partial charge >= 0.3 is 0 Å². The van der Waals surface area contributed by atoms with Crippen molar-refractivity contribution in [2.24, 2.45) is 0 Å². The summed E-state index contributed by atoms with van der Waals surface area (Å²) < 4.78 is 1.46. The molecular formula is C14H8Cl2N4O. The van der Waals surface area contributed by atoms with Gasteiger partial charge in [-0.3, -0.25) is 4.79 Å². The molecule has 0 atom stereocenters. The molecule has 2 aromatic heterocycles. The first-order valence-corrected chi connectivity index (χ1v) is 6.73. The van der Waals surface area contributed by atoms with Crippen LogP contribution < -0.4 is 0 Å². The van der Waals surface area contributed by atoms with Gasteiger partial charge in [-0.1, -0.05) is 41.9 Å². The molecule has 0 aliphatic rings. The van der Waals surface area contributed by atoms with Crippen molar-refractivity contribution in [2.75, 3.05) is 0 Å². The molecule has 0 aliphatic carbocycles. The highest BCUT2D eigenvalue weighted by Gasteiger charge is 2.14. The van der Waals surface area contributed by atoms with E-state index in [1.165, 1.54) is 10.9 Å². The zero-order chi connectivity index (χ0) is 14.8. The first-order chi connectivity index (χ1) is 10.2. The molecule has 5 nitrogen and oxygen atoms in total. The Kier molecular flexibility index (Phi) is 3.68. The van der Waals surface area contributed by atoms with Crippen LogP contribution in [0.2, 0.25) is 10.4 Å².